The third kappa shape index (κ3) is 9.14. The molecule has 5 atom stereocenters. The van der Waals surface area contributed by atoms with E-state index in [0.717, 1.165) is 22.3 Å². The number of likely N-dealkylation sites (tertiary alicyclic amines) is 1. The molecule has 0 radical (unpaired) electrons. The van der Waals surface area contributed by atoms with Crippen LogP contribution in [-0.4, -0.2) is 94.4 Å². The molecule has 3 aromatic carbocycles. The van der Waals surface area contributed by atoms with Crippen molar-refractivity contribution in [1.82, 2.24) is 30.7 Å². The predicted molar refractivity (Wildman–Crippen MR) is 218 cm³/mol. The first-order chi connectivity index (χ1) is 28.2. The number of carbonyl (C=O) groups excluding carboxylic acids is 7. The first kappa shape index (κ1) is 42.1. The number of amides is 5. The number of alkyl carbamates (subject to hydrolysis) is 1. The molecule has 0 spiro atoms. The predicted octanol–water partition coefficient (Wildman–Crippen LogP) is 4.28. The SMILES string of the molecule is CC(=O)n1cc(OC(=O)C(NC(=O)C2CCCN2C(=O)C(C)NC(=O)C(C)NC(=O)C(C)NC(=O)OCC2c3ccccc3-c3ccccc32)C(C)C)c2ccccc21. The van der Waals surface area contributed by atoms with Crippen molar-refractivity contribution >= 4 is 52.5 Å². The van der Waals surface area contributed by atoms with Crippen LogP contribution in [0.3, 0.4) is 0 Å². The highest BCUT2D eigenvalue weighted by Gasteiger charge is 2.39. The highest BCUT2D eigenvalue weighted by Crippen LogP contribution is 2.44. The van der Waals surface area contributed by atoms with Gasteiger partial charge in [-0.1, -0.05) is 74.5 Å². The van der Waals surface area contributed by atoms with E-state index in [-0.39, 0.29) is 36.6 Å². The molecule has 5 amide bonds. The molecule has 2 heterocycles. The molecule has 1 aliphatic carbocycles. The van der Waals surface area contributed by atoms with Gasteiger partial charge in [-0.15, -0.1) is 0 Å². The molecule has 1 saturated heterocycles. The van der Waals surface area contributed by atoms with Crippen LogP contribution in [-0.2, 0) is 28.7 Å². The Morgan fingerprint density at radius 1 is 0.729 bits per heavy atom. The van der Waals surface area contributed by atoms with Crippen LogP contribution in [0.2, 0.25) is 0 Å². The normalized spacial score (nSPS) is 16.6. The molecule has 4 aromatic rings. The van der Waals surface area contributed by atoms with Crippen molar-refractivity contribution in [3.8, 4) is 16.9 Å². The van der Waals surface area contributed by atoms with Gasteiger partial charge in [-0.3, -0.25) is 28.5 Å². The smallest absolute Gasteiger partial charge is 0.407 e. The third-order valence-electron chi connectivity index (χ3n) is 10.8. The Balaban J connectivity index is 0.979. The lowest BCUT2D eigenvalue weighted by Crippen LogP contribution is -2.57. The van der Waals surface area contributed by atoms with E-state index in [0.29, 0.717) is 23.7 Å². The van der Waals surface area contributed by atoms with Crippen LogP contribution in [0, 0.1) is 5.92 Å². The topological polar surface area (TPSA) is 194 Å². The molecule has 2 aliphatic rings. The van der Waals surface area contributed by atoms with E-state index in [1.165, 1.54) is 43.4 Å². The number of hydrogen-bond acceptors (Lipinski definition) is 9. The maximum Gasteiger partial charge on any atom is 0.407 e. The summed E-state index contributed by atoms with van der Waals surface area (Å²) in [6, 6.07) is 17.7. The summed E-state index contributed by atoms with van der Waals surface area (Å²) in [6.07, 6.45) is 1.51. The zero-order valence-corrected chi connectivity index (χ0v) is 33.9. The van der Waals surface area contributed by atoms with Gasteiger partial charge >= 0.3 is 12.1 Å². The molecule has 0 bridgehead atoms. The highest BCUT2D eigenvalue weighted by molar-refractivity contribution is 5.98. The Labute approximate surface area is 342 Å². The van der Waals surface area contributed by atoms with Crippen LogP contribution >= 0.6 is 0 Å². The fraction of sp³-hybridized carbons (Fsp3) is 0.386. The first-order valence-electron chi connectivity index (χ1n) is 19.8. The van der Waals surface area contributed by atoms with Crippen LogP contribution < -0.4 is 26.0 Å². The monoisotopic (exact) mass is 806 g/mol. The van der Waals surface area contributed by atoms with Gasteiger partial charge in [-0.05, 0) is 73.9 Å². The Bertz CT molecular complexity index is 2240. The van der Waals surface area contributed by atoms with Crippen molar-refractivity contribution in [2.75, 3.05) is 13.2 Å². The third-order valence-corrected chi connectivity index (χ3v) is 10.8. The molecular formula is C44H50N6O9. The summed E-state index contributed by atoms with van der Waals surface area (Å²) >= 11 is 0. The molecule has 1 fully saturated rings. The Morgan fingerprint density at radius 2 is 1.31 bits per heavy atom. The number of rotatable bonds is 13. The molecule has 1 aromatic heterocycles. The summed E-state index contributed by atoms with van der Waals surface area (Å²) in [5.74, 6) is -3.70. The van der Waals surface area contributed by atoms with E-state index in [2.05, 4.69) is 21.3 Å². The van der Waals surface area contributed by atoms with E-state index in [4.69, 9.17) is 9.47 Å². The lowest BCUT2D eigenvalue weighted by Gasteiger charge is -2.29. The average molecular weight is 807 g/mol. The van der Waals surface area contributed by atoms with Gasteiger partial charge in [0.15, 0.2) is 5.75 Å². The first-order valence-corrected chi connectivity index (χ1v) is 19.8. The summed E-state index contributed by atoms with van der Waals surface area (Å²) in [5.41, 5.74) is 4.85. The van der Waals surface area contributed by atoms with Gasteiger partial charge in [0.25, 0.3) is 0 Å². The van der Waals surface area contributed by atoms with E-state index in [9.17, 15) is 33.6 Å². The van der Waals surface area contributed by atoms with Crippen LogP contribution in [0.4, 0.5) is 4.79 Å². The van der Waals surface area contributed by atoms with Gasteiger partial charge in [0, 0.05) is 24.8 Å². The van der Waals surface area contributed by atoms with Crippen molar-refractivity contribution in [3.05, 3.63) is 90.1 Å². The zero-order chi connectivity index (χ0) is 42.5. The summed E-state index contributed by atoms with van der Waals surface area (Å²) in [7, 11) is 0. The maximum absolute atomic E-state index is 13.6. The number of carbonyl (C=O) groups is 7. The van der Waals surface area contributed by atoms with Gasteiger partial charge < -0.3 is 35.6 Å². The molecule has 5 unspecified atom stereocenters. The number of benzene rings is 3. The molecule has 0 saturated carbocycles. The molecule has 15 nitrogen and oxygen atoms in total. The minimum absolute atomic E-state index is 0.0688. The van der Waals surface area contributed by atoms with Crippen LogP contribution in [0.1, 0.15) is 76.2 Å². The largest absolute Gasteiger partial charge is 0.449 e. The molecule has 1 aliphatic heterocycles. The van der Waals surface area contributed by atoms with Crippen LogP contribution in [0.5, 0.6) is 5.75 Å². The van der Waals surface area contributed by atoms with Gasteiger partial charge in [-0.2, -0.15) is 0 Å². The number of fused-ring (bicyclic) bond motifs is 4. The maximum atomic E-state index is 13.6. The fourth-order valence-electron chi connectivity index (χ4n) is 7.65. The minimum atomic E-state index is -1.08. The van der Waals surface area contributed by atoms with E-state index < -0.39 is 65.9 Å². The average Bonchev–Trinajstić information content (AvgIpc) is 3.93. The van der Waals surface area contributed by atoms with Crippen molar-refractivity contribution in [2.45, 2.75) is 90.5 Å². The Morgan fingerprint density at radius 3 is 1.93 bits per heavy atom. The molecular weight excluding hydrogens is 757 g/mol. The van der Waals surface area contributed by atoms with Crippen molar-refractivity contribution in [3.63, 3.8) is 0 Å². The van der Waals surface area contributed by atoms with Crippen molar-refractivity contribution in [1.29, 1.82) is 0 Å². The van der Waals surface area contributed by atoms with Crippen LogP contribution in [0.15, 0.2) is 79.0 Å². The molecule has 310 valence electrons. The summed E-state index contributed by atoms with van der Waals surface area (Å²) < 4.78 is 12.6. The lowest BCUT2D eigenvalue weighted by atomic mass is 9.98. The summed E-state index contributed by atoms with van der Waals surface area (Å²) in [4.78, 5) is 93.1. The van der Waals surface area contributed by atoms with Crippen LogP contribution in [0.25, 0.3) is 22.0 Å². The quantitative estimate of drug-likeness (QED) is 0.143. The van der Waals surface area contributed by atoms with Gasteiger partial charge in [0.05, 0.1) is 11.7 Å². The number of aromatic nitrogens is 1. The van der Waals surface area contributed by atoms with Crippen molar-refractivity contribution in [2.24, 2.45) is 5.92 Å². The number of nitrogens with one attached hydrogen (secondary N) is 4. The summed E-state index contributed by atoms with van der Waals surface area (Å²) in [5, 5.41) is 11.0. The second-order valence-corrected chi connectivity index (χ2v) is 15.4. The van der Waals surface area contributed by atoms with E-state index in [1.807, 2.05) is 48.5 Å². The lowest BCUT2D eigenvalue weighted by molar-refractivity contribution is -0.144. The Kier molecular flexibility index (Phi) is 12.8. The standard InChI is InChI=1S/C44H50N6O9/c1-24(2)38(43(56)59-37-22-50(28(6)51)35-19-12-11-18-33(35)37)48-41(54)36-20-13-21-49(36)42(55)27(5)46-39(52)25(3)45-40(53)26(4)47-44(57)58-23-34-31-16-9-7-14-29(31)30-15-8-10-17-32(30)34/h7-12,14-19,22,24-27,34,36,38H,13,20-21,23H2,1-6H3,(H,45,53)(H,46,52)(H,47,57)(H,48,54). The number of hydrogen-bond donors (Lipinski definition) is 4. The van der Waals surface area contributed by atoms with Gasteiger partial charge in [0.1, 0.15) is 36.8 Å². The number of esters is 1. The molecule has 6 rings (SSSR count). The second-order valence-electron chi connectivity index (χ2n) is 15.4. The molecule has 59 heavy (non-hydrogen) atoms. The number of nitrogens with zero attached hydrogens (tertiary/aromatic N) is 2. The number of para-hydroxylation sites is 1. The summed E-state index contributed by atoms with van der Waals surface area (Å²) in [6.45, 7) is 9.60. The highest BCUT2D eigenvalue weighted by atomic mass is 16.5. The fourth-order valence-corrected chi connectivity index (χ4v) is 7.65. The number of ether oxygens (including phenoxy) is 2. The second kappa shape index (κ2) is 18.0. The van der Waals surface area contributed by atoms with Crippen molar-refractivity contribution < 1.29 is 43.0 Å². The Hall–Kier alpha value is -6.51. The zero-order valence-electron chi connectivity index (χ0n) is 33.9. The van der Waals surface area contributed by atoms with Gasteiger partial charge in [0.2, 0.25) is 29.5 Å². The molecule has 15 heteroatoms. The minimum Gasteiger partial charge on any atom is -0.449 e. The molecule has 4 N–H and O–H groups in total. The van der Waals surface area contributed by atoms with E-state index in [1.54, 1.807) is 38.1 Å². The van der Waals surface area contributed by atoms with E-state index >= 15 is 0 Å². The van der Waals surface area contributed by atoms with Gasteiger partial charge in [-0.25, -0.2) is 9.59 Å².